The molecule has 0 spiro atoms. The number of rotatable bonds is 1. The van der Waals surface area contributed by atoms with Crippen molar-refractivity contribution in [1.82, 2.24) is 0 Å². The Balaban J connectivity index is 0.000000531. The number of benzene rings is 2. The first-order valence-electron chi connectivity index (χ1n) is 4.26. The molecule has 0 unspecified atom stereocenters. The largest absolute Gasteiger partial charge is 0.478 e. The van der Waals surface area contributed by atoms with Gasteiger partial charge in [-0.2, -0.15) is 0 Å². The van der Waals surface area contributed by atoms with E-state index < -0.39 is 5.97 Å². The summed E-state index contributed by atoms with van der Waals surface area (Å²) in [5.74, 6) is -0.878. The maximum absolute atomic E-state index is 10.8. The number of nitriles is 1. The standard InChI is InChI=1S/C11H8O2.CHN/c12-11(13)10-7-3-5-8-4-1-2-6-9(8)10;1-2/h1-7H,(H,12,13);1H. The summed E-state index contributed by atoms with van der Waals surface area (Å²) in [5.41, 5.74) is 0.359. The third kappa shape index (κ3) is 2.12. The van der Waals surface area contributed by atoms with Crippen LogP contribution in [0.15, 0.2) is 42.5 Å². The van der Waals surface area contributed by atoms with Crippen LogP contribution in [-0.2, 0) is 0 Å². The molecule has 0 aliphatic heterocycles. The van der Waals surface area contributed by atoms with Crippen molar-refractivity contribution in [2.24, 2.45) is 0 Å². The van der Waals surface area contributed by atoms with Gasteiger partial charge in [-0.05, 0) is 16.8 Å². The Morgan fingerprint density at radius 2 is 1.67 bits per heavy atom. The van der Waals surface area contributed by atoms with E-state index in [1.54, 1.807) is 12.1 Å². The quantitative estimate of drug-likeness (QED) is 0.768. The highest BCUT2D eigenvalue weighted by Gasteiger charge is 2.05. The highest BCUT2D eigenvalue weighted by Crippen LogP contribution is 2.17. The predicted octanol–water partition coefficient (Wildman–Crippen LogP) is 2.68. The molecular formula is C12H9NO2. The molecule has 15 heavy (non-hydrogen) atoms. The van der Waals surface area contributed by atoms with Crippen LogP contribution in [0.4, 0.5) is 0 Å². The Morgan fingerprint density at radius 3 is 2.33 bits per heavy atom. The van der Waals surface area contributed by atoms with Gasteiger partial charge in [0.2, 0.25) is 0 Å². The third-order valence-corrected chi connectivity index (χ3v) is 2.02. The average molecular weight is 199 g/mol. The van der Waals surface area contributed by atoms with Gasteiger partial charge in [-0.25, -0.2) is 10.1 Å². The molecule has 0 bridgehead atoms. The van der Waals surface area contributed by atoms with Crippen molar-refractivity contribution < 1.29 is 9.90 Å². The van der Waals surface area contributed by atoms with Crippen LogP contribution in [0.3, 0.4) is 0 Å². The first-order valence-corrected chi connectivity index (χ1v) is 4.26. The lowest BCUT2D eigenvalue weighted by Gasteiger charge is -2.00. The smallest absolute Gasteiger partial charge is 0.336 e. The second-order valence-corrected chi connectivity index (χ2v) is 2.83. The molecule has 3 nitrogen and oxygen atoms in total. The molecular weight excluding hydrogens is 190 g/mol. The summed E-state index contributed by atoms with van der Waals surface area (Å²) in [4.78, 5) is 10.8. The summed E-state index contributed by atoms with van der Waals surface area (Å²) < 4.78 is 0. The van der Waals surface area contributed by atoms with Gasteiger partial charge in [0.1, 0.15) is 0 Å². The normalized spacial score (nSPS) is 8.93. The van der Waals surface area contributed by atoms with Crippen molar-refractivity contribution in [2.45, 2.75) is 0 Å². The number of aromatic carboxylic acids is 1. The number of carboxylic acids is 1. The van der Waals surface area contributed by atoms with Crippen LogP contribution in [0.5, 0.6) is 0 Å². The number of carbonyl (C=O) groups is 1. The number of hydrogen-bond acceptors (Lipinski definition) is 2. The van der Waals surface area contributed by atoms with Crippen LogP contribution in [0.1, 0.15) is 10.4 Å². The minimum Gasteiger partial charge on any atom is -0.478 e. The molecule has 0 radical (unpaired) electrons. The maximum Gasteiger partial charge on any atom is 0.336 e. The zero-order chi connectivity index (χ0) is 11.3. The molecule has 0 amide bonds. The summed E-state index contributed by atoms with van der Waals surface area (Å²) in [6, 6.07) is 12.7. The minimum absolute atomic E-state index is 0.359. The van der Waals surface area contributed by atoms with Gasteiger partial charge >= 0.3 is 5.97 Å². The molecule has 3 heteroatoms. The van der Waals surface area contributed by atoms with Crippen LogP contribution in [0.2, 0.25) is 0 Å². The molecule has 0 aromatic heterocycles. The van der Waals surface area contributed by atoms with Crippen LogP contribution < -0.4 is 0 Å². The van der Waals surface area contributed by atoms with Crippen molar-refractivity contribution in [2.75, 3.05) is 0 Å². The van der Waals surface area contributed by atoms with Crippen molar-refractivity contribution in [3.05, 3.63) is 48.0 Å². The summed E-state index contributed by atoms with van der Waals surface area (Å²) >= 11 is 0. The molecule has 2 rings (SSSR count). The minimum atomic E-state index is -0.878. The molecule has 2 aromatic carbocycles. The highest BCUT2D eigenvalue weighted by atomic mass is 16.4. The second kappa shape index (κ2) is 4.77. The van der Waals surface area contributed by atoms with Crippen molar-refractivity contribution >= 4 is 16.7 Å². The number of fused-ring (bicyclic) bond motifs is 1. The zero-order valence-corrected chi connectivity index (χ0v) is 7.92. The van der Waals surface area contributed by atoms with E-state index in [4.69, 9.17) is 10.4 Å². The Kier molecular flexibility index (Phi) is 3.42. The lowest BCUT2D eigenvalue weighted by molar-refractivity contribution is 0.0699. The van der Waals surface area contributed by atoms with Gasteiger partial charge in [-0.3, -0.25) is 0 Å². The molecule has 0 atom stereocenters. The van der Waals surface area contributed by atoms with E-state index in [9.17, 15) is 4.79 Å². The van der Waals surface area contributed by atoms with Crippen molar-refractivity contribution in [1.29, 1.82) is 5.26 Å². The van der Waals surface area contributed by atoms with Gasteiger partial charge in [-0.1, -0.05) is 36.4 Å². The fraction of sp³-hybridized carbons (Fsp3) is 0. The van der Waals surface area contributed by atoms with Crippen LogP contribution in [0, 0.1) is 11.8 Å². The van der Waals surface area contributed by atoms with E-state index in [1.807, 2.05) is 30.3 Å². The Hall–Kier alpha value is -2.34. The summed E-state index contributed by atoms with van der Waals surface area (Å²) in [5, 5.41) is 17.1. The highest BCUT2D eigenvalue weighted by molar-refractivity contribution is 6.03. The lowest BCUT2D eigenvalue weighted by atomic mass is 10.1. The van der Waals surface area contributed by atoms with E-state index in [1.165, 1.54) is 0 Å². The van der Waals surface area contributed by atoms with Gasteiger partial charge in [-0.15, -0.1) is 0 Å². The molecule has 2 aromatic rings. The van der Waals surface area contributed by atoms with E-state index in [0.29, 0.717) is 5.56 Å². The Morgan fingerprint density at radius 1 is 1.07 bits per heavy atom. The SMILES string of the molecule is C#N.O=C(O)c1cccc2ccccc12. The monoisotopic (exact) mass is 199 g/mol. The molecule has 0 aliphatic carbocycles. The molecule has 0 heterocycles. The molecule has 0 fully saturated rings. The fourth-order valence-electron chi connectivity index (χ4n) is 1.41. The van der Waals surface area contributed by atoms with Crippen molar-refractivity contribution in [3.8, 4) is 6.57 Å². The van der Waals surface area contributed by atoms with Crippen molar-refractivity contribution in [3.63, 3.8) is 0 Å². The van der Waals surface area contributed by atoms with Gasteiger partial charge in [0.15, 0.2) is 0 Å². The molecule has 74 valence electrons. The first kappa shape index (κ1) is 10.7. The third-order valence-electron chi connectivity index (χ3n) is 2.02. The van der Waals surface area contributed by atoms with Gasteiger partial charge in [0.25, 0.3) is 0 Å². The van der Waals surface area contributed by atoms with Crippen LogP contribution in [0.25, 0.3) is 10.8 Å². The first-order chi connectivity index (χ1) is 7.29. The van der Waals surface area contributed by atoms with Gasteiger partial charge in [0, 0.05) is 6.57 Å². The number of hydrogen-bond donors (Lipinski definition) is 1. The van der Waals surface area contributed by atoms with E-state index in [2.05, 4.69) is 6.57 Å². The molecule has 0 saturated heterocycles. The van der Waals surface area contributed by atoms with Crippen LogP contribution >= 0.6 is 0 Å². The van der Waals surface area contributed by atoms with Crippen LogP contribution in [-0.4, -0.2) is 11.1 Å². The van der Waals surface area contributed by atoms with Gasteiger partial charge < -0.3 is 5.11 Å². The average Bonchev–Trinajstić information content (AvgIpc) is 2.31. The topological polar surface area (TPSA) is 61.1 Å². The number of nitrogens with zero attached hydrogens (tertiary/aromatic N) is 1. The van der Waals surface area contributed by atoms with E-state index >= 15 is 0 Å². The molecule has 0 aliphatic rings. The summed E-state index contributed by atoms with van der Waals surface area (Å²) in [7, 11) is 0. The Bertz CT molecular complexity index is 498. The Labute approximate surface area is 87.2 Å². The number of carboxylic acid groups (broad SMARTS) is 1. The second-order valence-electron chi connectivity index (χ2n) is 2.83. The van der Waals surface area contributed by atoms with E-state index in [-0.39, 0.29) is 0 Å². The van der Waals surface area contributed by atoms with E-state index in [0.717, 1.165) is 10.8 Å². The molecule has 1 N–H and O–H groups in total. The maximum atomic E-state index is 10.8. The summed E-state index contributed by atoms with van der Waals surface area (Å²) in [6.45, 7) is 3.50. The fourth-order valence-corrected chi connectivity index (χ4v) is 1.41. The predicted molar refractivity (Wildman–Crippen MR) is 57.6 cm³/mol. The summed E-state index contributed by atoms with van der Waals surface area (Å²) in [6.07, 6.45) is 0. The lowest BCUT2D eigenvalue weighted by Crippen LogP contribution is -1.96. The molecule has 0 saturated carbocycles. The zero-order valence-electron chi connectivity index (χ0n) is 7.92. The van der Waals surface area contributed by atoms with Gasteiger partial charge in [0.05, 0.1) is 5.56 Å².